The number of nitrogens with zero attached hydrogens (tertiary/aromatic N) is 2. The number of nitrogens with one attached hydrogen (secondary N) is 1. The van der Waals surface area contributed by atoms with Gasteiger partial charge in [0.15, 0.2) is 0 Å². The van der Waals surface area contributed by atoms with Crippen molar-refractivity contribution in [3.63, 3.8) is 0 Å². The highest BCUT2D eigenvalue weighted by Crippen LogP contribution is 2.26. The van der Waals surface area contributed by atoms with E-state index in [0.29, 0.717) is 41.9 Å². The predicted molar refractivity (Wildman–Crippen MR) is 92.3 cm³/mol. The van der Waals surface area contributed by atoms with Gasteiger partial charge in [-0.3, -0.25) is 9.59 Å². The summed E-state index contributed by atoms with van der Waals surface area (Å²) in [5, 5.41) is 8.96. The molecule has 1 atom stereocenters. The number of halogens is 1. The van der Waals surface area contributed by atoms with Crippen LogP contribution in [0.5, 0.6) is 0 Å². The van der Waals surface area contributed by atoms with E-state index in [-0.39, 0.29) is 18.2 Å². The van der Waals surface area contributed by atoms with Crippen molar-refractivity contribution in [2.45, 2.75) is 26.2 Å². The first-order valence-corrected chi connectivity index (χ1v) is 8.45. The molecule has 2 amide bonds. The molecule has 0 saturated carbocycles. The Hall–Kier alpha value is -1.92. The first-order valence-electron chi connectivity index (χ1n) is 8.07. The summed E-state index contributed by atoms with van der Waals surface area (Å²) in [5.41, 5.74) is 1.86. The molecule has 0 bridgehead atoms. The molecular weight excluding hydrogens is 330 g/mol. The first-order chi connectivity index (χ1) is 11.5. The number of anilines is 1. The summed E-state index contributed by atoms with van der Waals surface area (Å²) < 4.78 is 5.30. The average molecular weight is 350 g/mol. The fraction of sp³-hybridized carbons (Fsp3) is 0.471. The Bertz CT molecular complexity index is 684. The van der Waals surface area contributed by atoms with Crippen LogP contribution in [0.3, 0.4) is 0 Å². The van der Waals surface area contributed by atoms with Gasteiger partial charge in [0.05, 0.1) is 12.3 Å². The van der Waals surface area contributed by atoms with Gasteiger partial charge in [-0.15, -0.1) is 0 Å². The Kier molecular flexibility index (Phi) is 5.16. The lowest BCUT2D eigenvalue weighted by Gasteiger charge is -2.23. The quantitative estimate of drug-likeness (QED) is 0.906. The van der Waals surface area contributed by atoms with Crippen LogP contribution in [0.4, 0.5) is 5.69 Å². The van der Waals surface area contributed by atoms with E-state index in [1.807, 2.05) is 13.0 Å². The fourth-order valence-electron chi connectivity index (χ4n) is 2.72. The molecule has 6 nitrogen and oxygen atoms in total. The van der Waals surface area contributed by atoms with Gasteiger partial charge in [-0.25, -0.2) is 5.01 Å². The third-order valence-electron chi connectivity index (χ3n) is 4.27. The topological polar surface area (TPSA) is 71.0 Å². The number of hydrazone groups is 1. The molecule has 0 aromatic heterocycles. The third-order valence-corrected chi connectivity index (χ3v) is 4.68. The number of amides is 2. The molecule has 1 N–H and O–H groups in total. The second kappa shape index (κ2) is 7.32. The Labute approximate surface area is 145 Å². The number of hydrogen-bond donors (Lipinski definition) is 1. The third kappa shape index (κ3) is 3.76. The summed E-state index contributed by atoms with van der Waals surface area (Å²) >= 11 is 6.12. The van der Waals surface area contributed by atoms with Gasteiger partial charge < -0.3 is 10.1 Å². The molecule has 2 aliphatic heterocycles. The molecule has 2 aliphatic rings. The molecule has 3 rings (SSSR count). The maximum absolute atomic E-state index is 12.3. The monoisotopic (exact) mass is 349 g/mol. The zero-order valence-corrected chi connectivity index (χ0v) is 14.3. The van der Waals surface area contributed by atoms with Crippen LogP contribution in [0, 0.1) is 12.8 Å². The van der Waals surface area contributed by atoms with Gasteiger partial charge in [-0.05, 0) is 31.0 Å². The number of hydrogen-bond acceptors (Lipinski definition) is 4. The molecule has 128 valence electrons. The highest BCUT2D eigenvalue weighted by molar-refractivity contribution is 6.40. The van der Waals surface area contributed by atoms with Crippen LogP contribution in [0.1, 0.15) is 24.8 Å². The molecule has 1 unspecified atom stereocenters. The summed E-state index contributed by atoms with van der Waals surface area (Å²) in [6.45, 7) is 3.89. The van der Waals surface area contributed by atoms with Crippen LogP contribution in [0.15, 0.2) is 23.3 Å². The maximum Gasteiger partial charge on any atom is 0.267 e. The maximum atomic E-state index is 12.3. The van der Waals surface area contributed by atoms with Crippen molar-refractivity contribution in [1.82, 2.24) is 5.32 Å². The van der Waals surface area contributed by atoms with Gasteiger partial charge in [0.2, 0.25) is 5.91 Å². The minimum atomic E-state index is -0.224. The van der Waals surface area contributed by atoms with Gasteiger partial charge in [-0.1, -0.05) is 17.7 Å². The molecule has 7 heteroatoms. The van der Waals surface area contributed by atoms with Crippen LogP contribution in [0.25, 0.3) is 0 Å². The van der Waals surface area contributed by atoms with E-state index in [0.717, 1.165) is 18.6 Å². The van der Waals surface area contributed by atoms with Gasteiger partial charge in [0.25, 0.3) is 5.91 Å². The molecule has 0 radical (unpaired) electrons. The van der Waals surface area contributed by atoms with E-state index in [4.69, 9.17) is 16.3 Å². The Morgan fingerprint density at radius 3 is 3.00 bits per heavy atom. The minimum absolute atomic E-state index is 0.143. The Morgan fingerprint density at radius 2 is 2.29 bits per heavy atom. The van der Waals surface area contributed by atoms with Crippen LogP contribution >= 0.6 is 11.6 Å². The molecule has 1 fully saturated rings. The lowest BCUT2D eigenvalue weighted by molar-refractivity contribution is -0.119. The minimum Gasteiger partial charge on any atom is -0.381 e. The number of aryl methyl sites for hydroxylation is 1. The van der Waals surface area contributed by atoms with Gasteiger partial charge in [0.1, 0.15) is 5.71 Å². The van der Waals surface area contributed by atoms with E-state index in [2.05, 4.69) is 10.4 Å². The average Bonchev–Trinajstić information content (AvgIpc) is 3.09. The highest BCUT2D eigenvalue weighted by atomic mass is 35.5. The van der Waals surface area contributed by atoms with E-state index < -0.39 is 0 Å². The lowest BCUT2D eigenvalue weighted by Crippen LogP contribution is -2.40. The lowest BCUT2D eigenvalue weighted by atomic mass is 10.1. The summed E-state index contributed by atoms with van der Waals surface area (Å²) in [4.78, 5) is 24.5. The van der Waals surface area contributed by atoms with E-state index in [1.165, 1.54) is 5.01 Å². The first kappa shape index (κ1) is 16.9. The number of ether oxygens (including phenoxy) is 1. The number of rotatable bonds is 4. The van der Waals surface area contributed by atoms with Crippen LogP contribution in [0.2, 0.25) is 5.02 Å². The highest BCUT2D eigenvalue weighted by Gasteiger charge is 2.26. The van der Waals surface area contributed by atoms with Crippen molar-refractivity contribution in [2.75, 3.05) is 24.8 Å². The number of benzene rings is 1. The van der Waals surface area contributed by atoms with Crippen molar-refractivity contribution in [3.8, 4) is 0 Å². The molecule has 1 aromatic carbocycles. The van der Waals surface area contributed by atoms with Crippen molar-refractivity contribution in [3.05, 3.63) is 28.8 Å². The molecule has 0 aliphatic carbocycles. The number of carbonyl (C=O) groups is 2. The fourth-order valence-corrected chi connectivity index (χ4v) is 2.89. The SMILES string of the molecule is Cc1ccc(N2N=C(C(=O)NCC3CCOC3)CCC2=O)cc1Cl. The van der Waals surface area contributed by atoms with E-state index in [1.54, 1.807) is 12.1 Å². The molecule has 2 heterocycles. The van der Waals surface area contributed by atoms with E-state index in [9.17, 15) is 9.59 Å². The zero-order chi connectivity index (χ0) is 17.1. The summed E-state index contributed by atoms with van der Waals surface area (Å²) in [7, 11) is 0. The van der Waals surface area contributed by atoms with Crippen LogP contribution in [-0.2, 0) is 14.3 Å². The predicted octanol–water partition coefficient (Wildman–Crippen LogP) is 2.28. The van der Waals surface area contributed by atoms with Crippen molar-refractivity contribution in [2.24, 2.45) is 11.0 Å². The normalized spacial score (nSPS) is 20.9. The zero-order valence-electron chi connectivity index (χ0n) is 13.5. The van der Waals surface area contributed by atoms with Gasteiger partial charge in [-0.2, -0.15) is 5.10 Å². The van der Waals surface area contributed by atoms with E-state index >= 15 is 0 Å². The van der Waals surface area contributed by atoms with Crippen LogP contribution in [-0.4, -0.2) is 37.3 Å². The van der Waals surface area contributed by atoms with Crippen LogP contribution < -0.4 is 10.3 Å². The molecule has 1 saturated heterocycles. The largest absolute Gasteiger partial charge is 0.381 e. The summed E-state index contributed by atoms with van der Waals surface area (Å²) in [6, 6.07) is 5.29. The van der Waals surface area contributed by atoms with Gasteiger partial charge in [0, 0.05) is 36.9 Å². The molecular formula is C17H20ClN3O3. The van der Waals surface area contributed by atoms with Crippen molar-refractivity contribution < 1.29 is 14.3 Å². The Balaban J connectivity index is 1.72. The smallest absolute Gasteiger partial charge is 0.267 e. The molecule has 0 spiro atoms. The second-order valence-corrected chi connectivity index (χ2v) is 6.53. The van der Waals surface area contributed by atoms with Crippen molar-refractivity contribution in [1.29, 1.82) is 0 Å². The second-order valence-electron chi connectivity index (χ2n) is 6.13. The summed E-state index contributed by atoms with van der Waals surface area (Å²) in [5.74, 6) is -0.0138. The van der Waals surface area contributed by atoms with Gasteiger partial charge >= 0.3 is 0 Å². The molecule has 1 aromatic rings. The number of carbonyl (C=O) groups excluding carboxylic acids is 2. The summed E-state index contributed by atoms with van der Waals surface area (Å²) in [6.07, 6.45) is 1.56. The van der Waals surface area contributed by atoms with Crippen molar-refractivity contribution >= 4 is 34.8 Å². The Morgan fingerprint density at radius 1 is 1.46 bits per heavy atom. The standard InChI is InChI=1S/C17H20ClN3O3/c1-11-2-3-13(8-14(11)18)21-16(22)5-4-15(20-21)17(23)19-9-12-6-7-24-10-12/h2-3,8,12H,4-7,9-10H2,1H3,(H,19,23). The molecule has 24 heavy (non-hydrogen) atoms.